The molecule has 0 fully saturated rings. The first-order chi connectivity index (χ1) is 20.7. The number of anilines is 2. The van der Waals surface area contributed by atoms with Crippen LogP contribution in [0.4, 0.5) is 20.3 Å². The van der Waals surface area contributed by atoms with Crippen molar-refractivity contribution in [2.75, 3.05) is 19.5 Å². The first-order valence-electron chi connectivity index (χ1n) is 13.2. The molecule has 224 valence electrons. The summed E-state index contributed by atoms with van der Waals surface area (Å²) >= 11 is 0. The molecule has 1 atom stereocenters. The molecule has 12 nitrogen and oxygen atoms in total. The Morgan fingerprint density at radius 1 is 1.05 bits per heavy atom. The van der Waals surface area contributed by atoms with Gasteiger partial charge in [-0.25, -0.2) is 18.6 Å². The minimum atomic E-state index is -2.79. The fourth-order valence-corrected chi connectivity index (χ4v) is 4.18. The topological polar surface area (TPSA) is 128 Å². The summed E-state index contributed by atoms with van der Waals surface area (Å²) in [5.41, 5.74) is 6.48. The number of methoxy groups -OCH3 is 2. The number of nitrogens with one attached hydrogen (secondary N) is 3. The number of aryl methyl sites for hydroxylation is 1. The summed E-state index contributed by atoms with van der Waals surface area (Å²) in [6.45, 7) is 3.16. The smallest absolute Gasteiger partial charge is 0.272 e. The van der Waals surface area contributed by atoms with E-state index in [0.29, 0.717) is 39.7 Å². The van der Waals surface area contributed by atoms with Crippen LogP contribution in [-0.4, -0.2) is 57.6 Å². The van der Waals surface area contributed by atoms with Crippen molar-refractivity contribution in [3.8, 4) is 11.5 Å². The third-order valence-electron chi connectivity index (χ3n) is 6.50. The van der Waals surface area contributed by atoms with E-state index in [2.05, 4.69) is 31.2 Å². The molecule has 43 heavy (non-hydrogen) atoms. The standard InChI is InChI=1S/C29H30F2N8O4/c1-17-5-11-26(36-35-17)34-20-7-9-22-24(13-20)38(16-33-22)27-12-10-23(39(37-27)43-18(2)28(30)31)29(40)32-15-19-6-8-21(41-3)14-25(19)42-4/h5-14,16,18,28,37H,15H2,1-4H3,(H,32,40)(H,34,36). The molecular formula is C29H30F2N8O4. The number of amides is 1. The van der Waals surface area contributed by atoms with Crippen molar-refractivity contribution in [2.24, 2.45) is 0 Å². The molecule has 0 saturated heterocycles. The van der Waals surface area contributed by atoms with Crippen LogP contribution in [-0.2, 0) is 16.2 Å². The molecule has 2 aromatic heterocycles. The van der Waals surface area contributed by atoms with E-state index in [1.165, 1.54) is 20.1 Å². The average molecular weight is 593 g/mol. The lowest BCUT2D eigenvalue weighted by Gasteiger charge is -2.32. The Kier molecular flexibility index (Phi) is 8.66. The number of aromatic nitrogens is 4. The number of halogens is 2. The van der Waals surface area contributed by atoms with Gasteiger partial charge in [0, 0.05) is 23.9 Å². The molecule has 5 rings (SSSR count). The lowest BCUT2D eigenvalue weighted by Crippen LogP contribution is -2.47. The number of fused-ring (bicyclic) bond motifs is 1. The zero-order valence-electron chi connectivity index (χ0n) is 23.8. The van der Waals surface area contributed by atoms with Crippen LogP contribution in [0.5, 0.6) is 11.5 Å². The highest BCUT2D eigenvalue weighted by atomic mass is 19.3. The maximum Gasteiger partial charge on any atom is 0.272 e. The van der Waals surface area contributed by atoms with E-state index < -0.39 is 18.4 Å². The number of nitrogens with zero attached hydrogens (tertiary/aromatic N) is 5. The Labute approximate surface area is 245 Å². The van der Waals surface area contributed by atoms with Crippen LogP contribution >= 0.6 is 0 Å². The van der Waals surface area contributed by atoms with E-state index in [-0.39, 0.29) is 12.2 Å². The van der Waals surface area contributed by atoms with Gasteiger partial charge in [0.2, 0.25) is 0 Å². The first-order valence-corrected chi connectivity index (χ1v) is 13.2. The summed E-state index contributed by atoms with van der Waals surface area (Å²) in [6.07, 6.45) is 0.359. The molecule has 1 aliphatic rings. The van der Waals surface area contributed by atoms with E-state index in [0.717, 1.165) is 16.6 Å². The molecule has 0 saturated carbocycles. The van der Waals surface area contributed by atoms with Crippen LogP contribution in [0.2, 0.25) is 0 Å². The summed E-state index contributed by atoms with van der Waals surface area (Å²) in [5.74, 6) is 1.53. The van der Waals surface area contributed by atoms with Crippen LogP contribution in [0.1, 0.15) is 18.2 Å². The minimum Gasteiger partial charge on any atom is -0.497 e. The summed E-state index contributed by atoms with van der Waals surface area (Å²) in [5, 5.41) is 15.1. The van der Waals surface area contributed by atoms with Gasteiger partial charge in [-0.2, -0.15) is 10.3 Å². The number of alkyl halides is 2. The Hall–Kier alpha value is -5.24. The van der Waals surface area contributed by atoms with E-state index in [1.54, 1.807) is 42.3 Å². The Morgan fingerprint density at radius 2 is 1.88 bits per heavy atom. The molecule has 2 aromatic carbocycles. The van der Waals surface area contributed by atoms with Crippen LogP contribution < -0.4 is 25.5 Å². The number of hydroxylamine groups is 1. The van der Waals surface area contributed by atoms with E-state index in [4.69, 9.17) is 14.3 Å². The van der Waals surface area contributed by atoms with E-state index in [9.17, 15) is 13.6 Å². The Balaban J connectivity index is 1.40. The molecule has 0 radical (unpaired) electrons. The van der Waals surface area contributed by atoms with Gasteiger partial charge in [-0.1, -0.05) is 0 Å². The number of carbonyl (C=O) groups excluding carboxylic acids is 1. The monoisotopic (exact) mass is 592 g/mol. The van der Waals surface area contributed by atoms with Crippen molar-refractivity contribution in [3.05, 3.63) is 84.0 Å². The van der Waals surface area contributed by atoms with Crippen LogP contribution in [0.25, 0.3) is 16.9 Å². The van der Waals surface area contributed by atoms with Gasteiger partial charge < -0.3 is 20.1 Å². The predicted octanol–water partition coefficient (Wildman–Crippen LogP) is 4.30. The Bertz CT molecular complexity index is 1670. The normalized spacial score (nSPS) is 13.7. The molecule has 1 amide bonds. The number of rotatable bonds is 11. The van der Waals surface area contributed by atoms with Gasteiger partial charge >= 0.3 is 0 Å². The Morgan fingerprint density at radius 3 is 2.60 bits per heavy atom. The highest BCUT2D eigenvalue weighted by Crippen LogP contribution is 2.27. The van der Waals surface area contributed by atoms with Gasteiger partial charge in [-0.15, -0.1) is 5.10 Å². The molecule has 0 spiro atoms. The molecule has 0 bridgehead atoms. The van der Waals surface area contributed by atoms with Crippen molar-refractivity contribution in [1.29, 1.82) is 0 Å². The van der Waals surface area contributed by atoms with Crippen molar-refractivity contribution in [2.45, 2.75) is 32.9 Å². The number of benzene rings is 2. The molecule has 3 heterocycles. The second kappa shape index (κ2) is 12.7. The maximum absolute atomic E-state index is 13.5. The SMILES string of the molecule is COc1ccc(CNC(=O)C2=CC=C(n3cnc4ccc(Nc5ccc(C)nn5)cc43)NN2OC(C)C(F)F)c(OC)c1. The number of hydrogen-bond donors (Lipinski definition) is 3. The number of hydrazine groups is 1. The van der Waals surface area contributed by atoms with Crippen molar-refractivity contribution in [1.82, 2.24) is 35.7 Å². The summed E-state index contributed by atoms with van der Waals surface area (Å²) in [4.78, 5) is 23.1. The lowest BCUT2D eigenvalue weighted by atomic mass is 10.2. The third-order valence-corrected chi connectivity index (χ3v) is 6.50. The zero-order valence-corrected chi connectivity index (χ0v) is 23.8. The molecule has 14 heteroatoms. The zero-order chi connectivity index (χ0) is 30.5. The van der Waals surface area contributed by atoms with Crippen molar-refractivity contribution < 1.29 is 27.9 Å². The van der Waals surface area contributed by atoms with Gasteiger partial charge in [-0.3, -0.25) is 14.8 Å². The second-order valence-corrected chi connectivity index (χ2v) is 9.52. The van der Waals surface area contributed by atoms with E-state index >= 15 is 0 Å². The van der Waals surface area contributed by atoms with Gasteiger partial charge in [0.1, 0.15) is 29.8 Å². The predicted molar refractivity (Wildman–Crippen MR) is 155 cm³/mol. The van der Waals surface area contributed by atoms with Crippen molar-refractivity contribution in [3.63, 3.8) is 0 Å². The van der Waals surface area contributed by atoms with Crippen molar-refractivity contribution >= 4 is 34.3 Å². The van der Waals surface area contributed by atoms with Crippen LogP contribution in [0.3, 0.4) is 0 Å². The second-order valence-electron chi connectivity index (χ2n) is 9.52. The van der Waals surface area contributed by atoms with E-state index in [1.807, 2.05) is 37.3 Å². The molecule has 4 aromatic rings. The average Bonchev–Trinajstić information content (AvgIpc) is 3.44. The number of imidazole rings is 1. The number of hydrogen-bond acceptors (Lipinski definition) is 10. The number of ether oxygens (including phenoxy) is 2. The highest BCUT2D eigenvalue weighted by molar-refractivity contribution is 5.94. The third kappa shape index (κ3) is 6.64. The first kappa shape index (κ1) is 29.3. The summed E-state index contributed by atoms with van der Waals surface area (Å²) in [7, 11) is 3.05. The lowest BCUT2D eigenvalue weighted by molar-refractivity contribution is -0.222. The largest absolute Gasteiger partial charge is 0.497 e. The molecule has 0 aliphatic carbocycles. The molecule has 1 aliphatic heterocycles. The summed E-state index contributed by atoms with van der Waals surface area (Å²) in [6, 6.07) is 14.4. The molecular weight excluding hydrogens is 562 g/mol. The molecule has 1 unspecified atom stereocenters. The van der Waals surface area contributed by atoms with Gasteiger partial charge in [0.05, 0.1) is 30.9 Å². The summed E-state index contributed by atoms with van der Waals surface area (Å²) < 4.78 is 39.3. The van der Waals surface area contributed by atoms with Crippen LogP contribution in [0.15, 0.2) is 72.7 Å². The number of allylic oxidation sites excluding steroid dienone is 2. The highest BCUT2D eigenvalue weighted by Gasteiger charge is 2.28. The minimum absolute atomic E-state index is 0.0338. The molecule has 3 N–H and O–H groups in total. The van der Waals surface area contributed by atoms with Gasteiger partial charge in [-0.05, 0) is 68.5 Å². The fraction of sp³-hybridized carbons (Fsp3) is 0.241. The quantitative estimate of drug-likeness (QED) is 0.232. The fourth-order valence-electron chi connectivity index (χ4n) is 4.18. The van der Waals surface area contributed by atoms with Crippen LogP contribution in [0, 0.1) is 6.92 Å². The van der Waals surface area contributed by atoms with Gasteiger partial charge in [0.25, 0.3) is 12.3 Å². The maximum atomic E-state index is 13.5. The van der Waals surface area contributed by atoms with Gasteiger partial charge in [0.15, 0.2) is 11.5 Å². The number of carbonyl (C=O) groups is 1.